The third-order valence-corrected chi connectivity index (χ3v) is 1.66. The number of primary amides is 1. The van der Waals surface area contributed by atoms with Gasteiger partial charge in [-0.25, -0.2) is 4.99 Å². The molecule has 0 aliphatic heterocycles. The summed E-state index contributed by atoms with van der Waals surface area (Å²) in [6.45, 7) is 1.87. The highest BCUT2D eigenvalue weighted by Crippen LogP contribution is 2.03. The maximum absolute atomic E-state index is 11.4. The van der Waals surface area contributed by atoms with E-state index in [1.807, 2.05) is 6.92 Å². The zero-order valence-electron chi connectivity index (χ0n) is 8.30. The van der Waals surface area contributed by atoms with Crippen molar-refractivity contribution in [3.05, 3.63) is 29.6 Å². The molecule has 5 heteroatoms. The van der Waals surface area contributed by atoms with Gasteiger partial charge in [0.1, 0.15) is 0 Å². The van der Waals surface area contributed by atoms with E-state index in [1.54, 1.807) is 0 Å². The summed E-state index contributed by atoms with van der Waals surface area (Å²) in [6, 6.07) is 1.38. The van der Waals surface area contributed by atoms with Crippen molar-refractivity contribution in [3.8, 4) is 0 Å². The number of pyridine rings is 1. The van der Waals surface area contributed by atoms with Crippen LogP contribution in [0.5, 0.6) is 0 Å². The fourth-order valence-electron chi connectivity index (χ4n) is 0.940. The van der Waals surface area contributed by atoms with Crippen LogP contribution in [0.4, 0.5) is 0 Å². The van der Waals surface area contributed by atoms with Crippen molar-refractivity contribution in [2.45, 2.75) is 13.3 Å². The predicted octanol–water partition coefficient (Wildman–Crippen LogP) is 0.802. The van der Waals surface area contributed by atoms with Gasteiger partial charge >= 0.3 is 0 Å². The SMILES string of the molecule is CCC=NC(=O)c1cncc(C(N)=O)c1. The van der Waals surface area contributed by atoms with E-state index in [2.05, 4.69) is 9.98 Å². The number of hydrogen-bond donors (Lipinski definition) is 1. The van der Waals surface area contributed by atoms with E-state index >= 15 is 0 Å². The Hall–Kier alpha value is -2.04. The molecular formula is C10H11N3O2. The molecule has 5 nitrogen and oxygen atoms in total. The molecule has 1 aromatic rings. The van der Waals surface area contributed by atoms with Gasteiger partial charge in [-0.15, -0.1) is 0 Å². The van der Waals surface area contributed by atoms with Crippen LogP contribution in [0, 0.1) is 0 Å². The summed E-state index contributed by atoms with van der Waals surface area (Å²) in [5.41, 5.74) is 5.52. The summed E-state index contributed by atoms with van der Waals surface area (Å²) in [7, 11) is 0. The first-order chi connectivity index (χ1) is 7.15. The molecule has 0 aromatic carbocycles. The lowest BCUT2D eigenvalue weighted by atomic mass is 10.2. The van der Waals surface area contributed by atoms with Crippen LogP contribution in [0.25, 0.3) is 0 Å². The van der Waals surface area contributed by atoms with Crippen LogP contribution < -0.4 is 5.73 Å². The Labute approximate surface area is 87.0 Å². The maximum Gasteiger partial charge on any atom is 0.278 e. The van der Waals surface area contributed by atoms with Gasteiger partial charge in [0.25, 0.3) is 5.91 Å². The Morgan fingerprint density at radius 3 is 2.73 bits per heavy atom. The molecule has 0 saturated carbocycles. The van der Waals surface area contributed by atoms with Gasteiger partial charge < -0.3 is 5.73 Å². The van der Waals surface area contributed by atoms with Gasteiger partial charge in [0.15, 0.2) is 0 Å². The number of amides is 2. The van der Waals surface area contributed by atoms with Gasteiger partial charge in [-0.2, -0.15) is 0 Å². The molecule has 0 radical (unpaired) electrons. The first kappa shape index (κ1) is 11.0. The number of aliphatic imine (C=N–C) groups is 1. The van der Waals surface area contributed by atoms with Crippen molar-refractivity contribution in [2.75, 3.05) is 0 Å². The molecule has 0 unspecified atom stereocenters. The Balaban J connectivity index is 2.95. The minimum Gasteiger partial charge on any atom is -0.366 e. The zero-order valence-corrected chi connectivity index (χ0v) is 8.30. The second-order valence-corrected chi connectivity index (χ2v) is 2.85. The molecule has 1 rings (SSSR count). The van der Waals surface area contributed by atoms with Gasteiger partial charge in [0.2, 0.25) is 5.91 Å². The van der Waals surface area contributed by atoms with E-state index in [-0.39, 0.29) is 11.1 Å². The monoisotopic (exact) mass is 205 g/mol. The molecule has 1 heterocycles. The predicted molar refractivity (Wildman–Crippen MR) is 55.9 cm³/mol. The van der Waals surface area contributed by atoms with Gasteiger partial charge in [-0.3, -0.25) is 14.6 Å². The number of aromatic nitrogens is 1. The Bertz CT molecular complexity index is 413. The molecule has 0 aliphatic carbocycles. The molecular weight excluding hydrogens is 194 g/mol. The molecule has 0 aliphatic rings. The van der Waals surface area contributed by atoms with Crippen molar-refractivity contribution < 1.29 is 9.59 Å². The van der Waals surface area contributed by atoms with Gasteiger partial charge in [0, 0.05) is 18.6 Å². The lowest BCUT2D eigenvalue weighted by molar-refractivity contribution is 0.0999. The second kappa shape index (κ2) is 4.99. The number of hydrogen-bond acceptors (Lipinski definition) is 3. The Kier molecular flexibility index (Phi) is 3.68. The first-order valence-electron chi connectivity index (χ1n) is 4.47. The highest BCUT2D eigenvalue weighted by atomic mass is 16.1. The van der Waals surface area contributed by atoms with Crippen LogP contribution in [-0.4, -0.2) is 23.0 Å². The molecule has 1 aromatic heterocycles. The van der Waals surface area contributed by atoms with Crippen LogP contribution in [0.15, 0.2) is 23.5 Å². The number of carbonyl (C=O) groups is 2. The standard InChI is InChI=1S/C10H11N3O2/c1-2-3-13-10(15)8-4-7(9(11)14)5-12-6-8/h3-6H,2H2,1H3,(H2,11,14). The smallest absolute Gasteiger partial charge is 0.278 e. The second-order valence-electron chi connectivity index (χ2n) is 2.85. The van der Waals surface area contributed by atoms with Crippen molar-refractivity contribution in [2.24, 2.45) is 10.7 Å². The topological polar surface area (TPSA) is 85.4 Å². The molecule has 0 bridgehead atoms. The van der Waals surface area contributed by atoms with E-state index in [9.17, 15) is 9.59 Å². The minimum atomic E-state index is -0.614. The summed E-state index contributed by atoms with van der Waals surface area (Å²) in [4.78, 5) is 29.6. The van der Waals surface area contributed by atoms with Crippen LogP contribution in [0.2, 0.25) is 0 Å². The molecule has 0 atom stereocenters. The fourth-order valence-corrected chi connectivity index (χ4v) is 0.940. The summed E-state index contributed by atoms with van der Waals surface area (Å²) in [5.74, 6) is -1.04. The molecule has 78 valence electrons. The number of nitrogens with zero attached hydrogens (tertiary/aromatic N) is 2. The maximum atomic E-state index is 11.4. The van der Waals surface area contributed by atoms with E-state index < -0.39 is 11.8 Å². The molecule has 0 saturated heterocycles. The summed E-state index contributed by atoms with van der Waals surface area (Å²) in [6.07, 6.45) is 4.83. The van der Waals surface area contributed by atoms with Crippen LogP contribution in [0.1, 0.15) is 34.1 Å². The Morgan fingerprint density at radius 1 is 1.47 bits per heavy atom. The summed E-state index contributed by atoms with van der Waals surface area (Å²) >= 11 is 0. The molecule has 15 heavy (non-hydrogen) atoms. The molecule has 2 N–H and O–H groups in total. The van der Waals surface area contributed by atoms with E-state index in [0.29, 0.717) is 6.42 Å². The van der Waals surface area contributed by atoms with E-state index in [4.69, 9.17) is 5.73 Å². The average Bonchev–Trinajstić information content (AvgIpc) is 2.26. The normalized spacial score (nSPS) is 10.5. The first-order valence-corrected chi connectivity index (χ1v) is 4.47. The largest absolute Gasteiger partial charge is 0.366 e. The average molecular weight is 205 g/mol. The number of nitrogens with two attached hydrogens (primary N) is 1. The van der Waals surface area contributed by atoms with Crippen LogP contribution >= 0.6 is 0 Å². The number of rotatable bonds is 3. The van der Waals surface area contributed by atoms with Crippen LogP contribution in [-0.2, 0) is 0 Å². The van der Waals surface area contributed by atoms with Gasteiger partial charge in [-0.1, -0.05) is 6.92 Å². The van der Waals surface area contributed by atoms with Crippen molar-refractivity contribution in [1.29, 1.82) is 0 Å². The third-order valence-electron chi connectivity index (χ3n) is 1.66. The molecule has 2 amide bonds. The lowest BCUT2D eigenvalue weighted by Gasteiger charge is -1.97. The number of carbonyl (C=O) groups excluding carboxylic acids is 2. The fraction of sp³-hybridized carbons (Fsp3) is 0.200. The van der Waals surface area contributed by atoms with Crippen molar-refractivity contribution in [3.63, 3.8) is 0 Å². The highest BCUT2D eigenvalue weighted by Gasteiger charge is 2.07. The third kappa shape index (κ3) is 2.98. The van der Waals surface area contributed by atoms with Crippen LogP contribution in [0.3, 0.4) is 0 Å². The lowest BCUT2D eigenvalue weighted by Crippen LogP contribution is -2.12. The zero-order chi connectivity index (χ0) is 11.3. The Morgan fingerprint density at radius 2 is 2.13 bits per heavy atom. The highest BCUT2D eigenvalue weighted by molar-refractivity contribution is 6.01. The molecule has 0 fully saturated rings. The van der Waals surface area contributed by atoms with Crippen molar-refractivity contribution >= 4 is 18.0 Å². The van der Waals surface area contributed by atoms with Gasteiger partial charge in [-0.05, 0) is 12.5 Å². The van der Waals surface area contributed by atoms with Crippen molar-refractivity contribution in [1.82, 2.24) is 4.98 Å². The van der Waals surface area contributed by atoms with Gasteiger partial charge in [0.05, 0.1) is 11.1 Å². The summed E-state index contributed by atoms with van der Waals surface area (Å²) < 4.78 is 0. The minimum absolute atomic E-state index is 0.201. The van der Waals surface area contributed by atoms with E-state index in [0.717, 1.165) is 0 Å². The quantitative estimate of drug-likeness (QED) is 0.740. The van der Waals surface area contributed by atoms with E-state index in [1.165, 1.54) is 24.7 Å². The molecule has 0 spiro atoms. The summed E-state index contributed by atoms with van der Waals surface area (Å²) in [5, 5.41) is 0.